The lowest BCUT2D eigenvalue weighted by molar-refractivity contribution is 0.0601. The minimum atomic E-state index is -0.282. The molecule has 1 aromatic carbocycles. The van der Waals surface area contributed by atoms with Crippen LogP contribution in [0.3, 0.4) is 0 Å². The zero-order valence-corrected chi connectivity index (χ0v) is 13.0. The number of methoxy groups -OCH3 is 1. The molecule has 0 aromatic heterocycles. The molecule has 0 bridgehead atoms. The molecule has 0 aliphatic heterocycles. The normalized spacial score (nSPS) is 21.3. The topological polar surface area (TPSA) is 38.3 Å². The Morgan fingerprint density at radius 2 is 2.10 bits per heavy atom. The number of hydrogen-bond donors (Lipinski definition) is 1. The van der Waals surface area contributed by atoms with Gasteiger partial charge in [-0.15, -0.1) is 0 Å². The van der Waals surface area contributed by atoms with Crippen molar-refractivity contribution in [3.63, 3.8) is 0 Å². The number of rotatable bonds is 3. The lowest BCUT2D eigenvalue weighted by Crippen LogP contribution is -2.39. The van der Waals surface area contributed by atoms with Crippen LogP contribution in [0.15, 0.2) is 18.2 Å². The second-order valence-electron chi connectivity index (χ2n) is 6.45. The first-order valence-electron chi connectivity index (χ1n) is 7.39. The van der Waals surface area contributed by atoms with Crippen molar-refractivity contribution in [2.75, 3.05) is 12.4 Å². The predicted octanol–water partition coefficient (Wildman–Crippen LogP) is 4.16. The number of nitrogens with one attached hydrogen (secondary N) is 1. The molecular weight excluding hydrogens is 250 g/mol. The highest BCUT2D eigenvalue weighted by atomic mass is 16.5. The van der Waals surface area contributed by atoms with Gasteiger partial charge < -0.3 is 10.1 Å². The van der Waals surface area contributed by atoms with Gasteiger partial charge in [0.2, 0.25) is 0 Å². The van der Waals surface area contributed by atoms with Crippen molar-refractivity contribution in [1.29, 1.82) is 0 Å². The van der Waals surface area contributed by atoms with Crippen LogP contribution in [0.25, 0.3) is 0 Å². The van der Waals surface area contributed by atoms with Crippen LogP contribution in [0.4, 0.5) is 5.69 Å². The Bertz CT molecular complexity index is 494. The zero-order chi connectivity index (χ0) is 14.8. The minimum Gasteiger partial charge on any atom is -0.465 e. The third-order valence-electron chi connectivity index (χ3n) is 4.50. The molecule has 0 radical (unpaired) electrons. The Morgan fingerprint density at radius 1 is 1.35 bits per heavy atom. The molecule has 1 aliphatic carbocycles. The van der Waals surface area contributed by atoms with E-state index in [1.54, 1.807) is 0 Å². The average Bonchev–Trinajstić information content (AvgIpc) is 2.42. The molecule has 1 N–H and O–H groups in total. The number of carbonyl (C=O) groups excluding carboxylic acids is 1. The Hall–Kier alpha value is -1.51. The molecular formula is C17H25NO2. The van der Waals surface area contributed by atoms with Gasteiger partial charge in [0.15, 0.2) is 0 Å². The molecule has 3 nitrogen and oxygen atoms in total. The van der Waals surface area contributed by atoms with Crippen LogP contribution < -0.4 is 5.32 Å². The van der Waals surface area contributed by atoms with Crippen LogP contribution in [0.2, 0.25) is 0 Å². The number of carbonyl (C=O) groups is 1. The van der Waals surface area contributed by atoms with Gasteiger partial charge in [-0.05, 0) is 42.9 Å². The largest absolute Gasteiger partial charge is 0.465 e. The van der Waals surface area contributed by atoms with Crippen LogP contribution in [0.5, 0.6) is 0 Å². The molecule has 1 fully saturated rings. The summed E-state index contributed by atoms with van der Waals surface area (Å²) in [5.74, 6) is -0.282. The second kappa shape index (κ2) is 5.86. The van der Waals surface area contributed by atoms with Gasteiger partial charge in [0.25, 0.3) is 0 Å². The SMILES string of the molecule is COC(=O)c1ccc(C)c(NC2CCCCC2(C)C)c1. The number of benzene rings is 1. The summed E-state index contributed by atoms with van der Waals surface area (Å²) in [5, 5.41) is 3.65. The van der Waals surface area contributed by atoms with E-state index in [1.807, 2.05) is 18.2 Å². The molecule has 1 unspecified atom stereocenters. The summed E-state index contributed by atoms with van der Waals surface area (Å²) in [6, 6.07) is 6.16. The monoisotopic (exact) mass is 275 g/mol. The molecule has 110 valence electrons. The molecule has 0 saturated heterocycles. The summed E-state index contributed by atoms with van der Waals surface area (Å²) in [5.41, 5.74) is 3.12. The van der Waals surface area contributed by atoms with Gasteiger partial charge in [-0.3, -0.25) is 0 Å². The van der Waals surface area contributed by atoms with Gasteiger partial charge in [0.05, 0.1) is 12.7 Å². The Labute approximate surface area is 121 Å². The molecule has 0 amide bonds. The maximum atomic E-state index is 11.6. The van der Waals surface area contributed by atoms with E-state index in [2.05, 4.69) is 26.1 Å². The number of hydrogen-bond acceptors (Lipinski definition) is 3. The summed E-state index contributed by atoms with van der Waals surface area (Å²) in [6.07, 6.45) is 5.03. The van der Waals surface area contributed by atoms with Gasteiger partial charge in [0.1, 0.15) is 0 Å². The molecule has 0 spiro atoms. The lowest BCUT2D eigenvalue weighted by atomic mass is 9.73. The smallest absolute Gasteiger partial charge is 0.337 e. The Balaban J connectivity index is 2.21. The van der Waals surface area contributed by atoms with Gasteiger partial charge >= 0.3 is 5.97 Å². The molecule has 0 heterocycles. The third-order valence-corrected chi connectivity index (χ3v) is 4.50. The molecule has 1 atom stereocenters. The van der Waals surface area contributed by atoms with Crippen molar-refractivity contribution in [3.8, 4) is 0 Å². The van der Waals surface area contributed by atoms with Crippen LogP contribution >= 0.6 is 0 Å². The molecule has 20 heavy (non-hydrogen) atoms. The van der Waals surface area contributed by atoms with E-state index in [0.29, 0.717) is 17.0 Å². The highest BCUT2D eigenvalue weighted by Crippen LogP contribution is 2.37. The van der Waals surface area contributed by atoms with Crippen LogP contribution in [0, 0.1) is 12.3 Å². The minimum absolute atomic E-state index is 0.282. The summed E-state index contributed by atoms with van der Waals surface area (Å²) >= 11 is 0. The van der Waals surface area contributed by atoms with E-state index in [-0.39, 0.29) is 5.97 Å². The van der Waals surface area contributed by atoms with E-state index in [1.165, 1.54) is 38.4 Å². The summed E-state index contributed by atoms with van der Waals surface area (Å²) in [4.78, 5) is 11.6. The predicted molar refractivity (Wildman–Crippen MR) is 82.2 cm³/mol. The first kappa shape index (κ1) is 14.9. The quantitative estimate of drug-likeness (QED) is 0.842. The van der Waals surface area contributed by atoms with E-state index >= 15 is 0 Å². The van der Waals surface area contributed by atoms with Crippen molar-refractivity contribution >= 4 is 11.7 Å². The number of esters is 1. The van der Waals surface area contributed by atoms with Crippen LogP contribution in [-0.4, -0.2) is 19.1 Å². The Kier molecular flexibility index (Phi) is 4.36. The third kappa shape index (κ3) is 3.14. The Morgan fingerprint density at radius 3 is 2.75 bits per heavy atom. The van der Waals surface area contributed by atoms with Crippen molar-refractivity contribution in [2.45, 2.75) is 52.5 Å². The maximum Gasteiger partial charge on any atom is 0.337 e. The summed E-state index contributed by atoms with van der Waals surface area (Å²) in [7, 11) is 1.42. The van der Waals surface area contributed by atoms with Crippen molar-refractivity contribution < 1.29 is 9.53 Å². The molecule has 1 saturated carbocycles. The van der Waals surface area contributed by atoms with Crippen molar-refractivity contribution in [3.05, 3.63) is 29.3 Å². The highest BCUT2D eigenvalue weighted by molar-refractivity contribution is 5.90. The molecule has 3 heteroatoms. The number of ether oxygens (including phenoxy) is 1. The van der Waals surface area contributed by atoms with E-state index < -0.39 is 0 Å². The van der Waals surface area contributed by atoms with Gasteiger partial charge in [0, 0.05) is 11.7 Å². The van der Waals surface area contributed by atoms with Crippen LogP contribution in [0.1, 0.15) is 55.5 Å². The maximum absolute atomic E-state index is 11.6. The fraction of sp³-hybridized carbons (Fsp3) is 0.588. The number of aryl methyl sites for hydroxylation is 1. The summed E-state index contributed by atoms with van der Waals surface area (Å²) < 4.78 is 4.80. The average molecular weight is 275 g/mol. The molecule has 2 rings (SSSR count). The van der Waals surface area contributed by atoms with E-state index in [4.69, 9.17) is 4.74 Å². The fourth-order valence-electron chi connectivity index (χ4n) is 2.97. The van der Waals surface area contributed by atoms with Gasteiger partial charge in [-0.1, -0.05) is 32.8 Å². The second-order valence-corrected chi connectivity index (χ2v) is 6.45. The van der Waals surface area contributed by atoms with E-state index in [9.17, 15) is 4.79 Å². The van der Waals surface area contributed by atoms with Gasteiger partial charge in [-0.2, -0.15) is 0 Å². The lowest BCUT2D eigenvalue weighted by Gasteiger charge is -2.40. The van der Waals surface area contributed by atoms with Crippen LogP contribution in [-0.2, 0) is 4.74 Å². The fourth-order valence-corrected chi connectivity index (χ4v) is 2.97. The first-order chi connectivity index (χ1) is 9.44. The molecule has 1 aromatic rings. The standard InChI is InChI=1S/C17H25NO2/c1-12-8-9-13(16(19)20-4)11-14(12)18-15-7-5-6-10-17(15,2)3/h8-9,11,15,18H,5-7,10H2,1-4H3. The summed E-state index contributed by atoms with van der Waals surface area (Å²) in [6.45, 7) is 6.71. The van der Waals surface area contributed by atoms with Crippen molar-refractivity contribution in [2.24, 2.45) is 5.41 Å². The first-order valence-corrected chi connectivity index (χ1v) is 7.39. The zero-order valence-electron chi connectivity index (χ0n) is 13.0. The van der Waals surface area contributed by atoms with Crippen molar-refractivity contribution in [1.82, 2.24) is 0 Å². The van der Waals surface area contributed by atoms with Gasteiger partial charge in [-0.25, -0.2) is 4.79 Å². The molecule has 1 aliphatic rings. The highest BCUT2D eigenvalue weighted by Gasteiger charge is 2.32. The van der Waals surface area contributed by atoms with E-state index in [0.717, 1.165) is 5.69 Å². The number of anilines is 1.